The van der Waals surface area contributed by atoms with Crippen molar-refractivity contribution in [1.29, 1.82) is 0 Å². The second-order valence-electron chi connectivity index (χ2n) is 6.95. The van der Waals surface area contributed by atoms with Gasteiger partial charge in [-0.2, -0.15) is 0 Å². The van der Waals surface area contributed by atoms with Gasteiger partial charge in [0.15, 0.2) is 0 Å². The average Bonchev–Trinajstić information content (AvgIpc) is 3.45. The molecule has 1 aromatic rings. The van der Waals surface area contributed by atoms with E-state index in [1.54, 1.807) is 11.8 Å². The highest BCUT2D eigenvalue weighted by atomic mass is 32.2. The number of nitrogens with zero attached hydrogens (tertiary/aromatic N) is 1. The topological polar surface area (TPSA) is 63.1 Å². The van der Waals surface area contributed by atoms with E-state index in [4.69, 9.17) is 0 Å². The Morgan fingerprint density at radius 3 is 2.17 bits per heavy atom. The molecule has 2 heterocycles. The minimum atomic E-state index is -0.0894. The lowest BCUT2D eigenvalue weighted by atomic mass is 10.1. The predicted molar refractivity (Wildman–Crippen MR) is 90.0 cm³/mol. The molecule has 1 aliphatic heterocycles. The van der Waals surface area contributed by atoms with Gasteiger partial charge in [0, 0.05) is 31.1 Å². The van der Waals surface area contributed by atoms with Gasteiger partial charge in [-0.3, -0.25) is 9.59 Å². The number of thioether (sulfide) groups is 1. The normalized spacial score (nSPS) is 19.5. The van der Waals surface area contributed by atoms with Gasteiger partial charge < -0.3 is 15.2 Å². The second-order valence-corrected chi connectivity index (χ2v) is 8.03. The van der Waals surface area contributed by atoms with Gasteiger partial charge >= 0.3 is 0 Å². The predicted octanol–water partition coefficient (Wildman–Crippen LogP) is 2.18. The van der Waals surface area contributed by atoms with Crippen LogP contribution in [0.25, 0.3) is 0 Å². The van der Waals surface area contributed by atoms with E-state index in [-0.39, 0.29) is 11.8 Å². The molecule has 2 fully saturated rings. The van der Waals surface area contributed by atoms with Gasteiger partial charge in [0.25, 0.3) is 11.8 Å². The van der Waals surface area contributed by atoms with E-state index in [0.29, 0.717) is 23.0 Å². The first-order chi connectivity index (χ1) is 11.1. The molecule has 2 aliphatic carbocycles. The molecule has 124 valence electrons. The van der Waals surface area contributed by atoms with Crippen molar-refractivity contribution in [3.8, 4) is 0 Å². The summed E-state index contributed by atoms with van der Waals surface area (Å²) < 4.78 is 2.13. The van der Waals surface area contributed by atoms with E-state index in [2.05, 4.69) is 15.2 Å². The highest BCUT2D eigenvalue weighted by Crippen LogP contribution is 2.36. The zero-order valence-electron chi connectivity index (χ0n) is 13.5. The van der Waals surface area contributed by atoms with Crippen LogP contribution in [-0.4, -0.2) is 35.2 Å². The number of carbonyl (C=O) groups is 2. The number of carbonyl (C=O) groups excluding carboxylic acids is 2. The maximum atomic E-state index is 12.7. The Morgan fingerprint density at radius 2 is 1.61 bits per heavy atom. The Hall–Kier alpha value is -1.43. The Labute approximate surface area is 140 Å². The molecular weight excluding hydrogens is 310 g/mol. The van der Waals surface area contributed by atoms with Crippen LogP contribution in [0.1, 0.15) is 52.1 Å². The van der Waals surface area contributed by atoms with Crippen molar-refractivity contribution in [2.24, 2.45) is 11.8 Å². The molecule has 0 saturated heterocycles. The van der Waals surface area contributed by atoms with E-state index >= 15 is 0 Å². The van der Waals surface area contributed by atoms with Gasteiger partial charge in [0.1, 0.15) is 0 Å². The van der Waals surface area contributed by atoms with E-state index in [1.807, 2.05) is 6.92 Å². The van der Waals surface area contributed by atoms with Gasteiger partial charge in [0.05, 0.1) is 16.2 Å². The lowest BCUT2D eigenvalue weighted by Crippen LogP contribution is -2.31. The van der Waals surface area contributed by atoms with Gasteiger partial charge in [-0.25, -0.2) is 0 Å². The first-order valence-electron chi connectivity index (χ1n) is 8.57. The molecule has 2 N–H and O–H groups in total. The lowest BCUT2D eigenvalue weighted by molar-refractivity contribution is 0.0916. The summed E-state index contributed by atoms with van der Waals surface area (Å²) >= 11 is 1.68. The van der Waals surface area contributed by atoms with Crippen LogP contribution in [0.15, 0.2) is 5.03 Å². The van der Waals surface area contributed by atoms with Crippen LogP contribution in [0, 0.1) is 18.8 Å². The maximum absolute atomic E-state index is 12.7. The van der Waals surface area contributed by atoms with Gasteiger partial charge in [0.2, 0.25) is 0 Å². The van der Waals surface area contributed by atoms with E-state index in [1.165, 1.54) is 25.7 Å². The van der Waals surface area contributed by atoms with Crippen LogP contribution < -0.4 is 10.6 Å². The maximum Gasteiger partial charge on any atom is 0.254 e. The van der Waals surface area contributed by atoms with Crippen LogP contribution in [0.4, 0.5) is 0 Å². The average molecular weight is 333 g/mol. The molecule has 2 saturated carbocycles. The SMILES string of the molecule is Cc1c(C(=O)NCC2CC2)c(C(=O)NCC2CC2)c2n1CCS2. The summed E-state index contributed by atoms with van der Waals surface area (Å²) in [4.78, 5) is 25.4. The zero-order valence-corrected chi connectivity index (χ0v) is 14.3. The van der Waals surface area contributed by atoms with Crippen molar-refractivity contribution in [3.05, 3.63) is 16.8 Å². The van der Waals surface area contributed by atoms with E-state index in [0.717, 1.165) is 36.1 Å². The number of hydrogen-bond acceptors (Lipinski definition) is 3. The number of nitrogens with one attached hydrogen (secondary N) is 2. The summed E-state index contributed by atoms with van der Waals surface area (Å²) in [5.74, 6) is 2.07. The molecule has 23 heavy (non-hydrogen) atoms. The number of hydrogen-bond donors (Lipinski definition) is 2. The summed E-state index contributed by atoms with van der Waals surface area (Å²) in [5.41, 5.74) is 2.11. The molecule has 0 unspecified atom stereocenters. The van der Waals surface area contributed by atoms with Crippen LogP contribution >= 0.6 is 11.8 Å². The molecule has 3 aliphatic rings. The molecule has 0 radical (unpaired) electrons. The molecular formula is C17H23N3O2S. The number of aromatic nitrogens is 1. The molecule has 6 heteroatoms. The number of amides is 2. The molecule has 4 rings (SSSR count). The largest absolute Gasteiger partial charge is 0.352 e. The minimum absolute atomic E-state index is 0.0836. The van der Waals surface area contributed by atoms with Crippen LogP contribution in [0.3, 0.4) is 0 Å². The third-order valence-corrected chi connectivity index (χ3v) is 6.06. The fourth-order valence-electron chi connectivity index (χ4n) is 3.15. The number of rotatable bonds is 6. The van der Waals surface area contributed by atoms with Gasteiger partial charge in [-0.1, -0.05) is 0 Å². The van der Waals surface area contributed by atoms with Crippen LogP contribution in [0.2, 0.25) is 0 Å². The lowest BCUT2D eigenvalue weighted by Gasteiger charge is -2.09. The Morgan fingerprint density at radius 1 is 1.04 bits per heavy atom. The number of fused-ring (bicyclic) bond motifs is 1. The molecule has 0 atom stereocenters. The summed E-state index contributed by atoms with van der Waals surface area (Å²) in [5, 5.41) is 7.02. The van der Waals surface area contributed by atoms with Crippen molar-refractivity contribution < 1.29 is 9.59 Å². The van der Waals surface area contributed by atoms with Gasteiger partial charge in [-0.05, 0) is 44.4 Å². The highest BCUT2D eigenvalue weighted by Gasteiger charge is 2.33. The van der Waals surface area contributed by atoms with Crippen LogP contribution in [0.5, 0.6) is 0 Å². The summed E-state index contributed by atoms with van der Waals surface area (Å²) in [6, 6.07) is 0. The third kappa shape index (κ3) is 3.01. The van der Waals surface area contributed by atoms with Gasteiger partial charge in [-0.15, -0.1) is 11.8 Å². The van der Waals surface area contributed by atoms with E-state index in [9.17, 15) is 9.59 Å². The quantitative estimate of drug-likeness (QED) is 0.839. The Balaban J connectivity index is 1.59. The first-order valence-corrected chi connectivity index (χ1v) is 9.56. The summed E-state index contributed by atoms with van der Waals surface area (Å²) in [6.45, 7) is 4.30. The monoisotopic (exact) mass is 333 g/mol. The zero-order chi connectivity index (χ0) is 16.0. The van der Waals surface area contributed by atoms with Crippen molar-refractivity contribution in [1.82, 2.24) is 15.2 Å². The Kier molecular flexibility index (Phi) is 3.87. The molecule has 0 aromatic carbocycles. The van der Waals surface area contributed by atoms with Crippen LogP contribution in [-0.2, 0) is 6.54 Å². The first kappa shape index (κ1) is 15.1. The molecule has 2 amide bonds. The van der Waals surface area contributed by atoms with Crippen molar-refractivity contribution >= 4 is 23.6 Å². The summed E-state index contributed by atoms with van der Waals surface area (Å²) in [7, 11) is 0. The minimum Gasteiger partial charge on any atom is -0.352 e. The summed E-state index contributed by atoms with van der Waals surface area (Å²) in [6.07, 6.45) is 4.82. The van der Waals surface area contributed by atoms with E-state index < -0.39 is 0 Å². The third-order valence-electron chi connectivity index (χ3n) is 4.98. The second kappa shape index (κ2) is 5.89. The fourth-order valence-corrected chi connectivity index (χ4v) is 4.34. The fraction of sp³-hybridized carbons (Fsp3) is 0.647. The van der Waals surface area contributed by atoms with Crippen molar-refractivity contribution in [3.63, 3.8) is 0 Å². The molecule has 5 nitrogen and oxygen atoms in total. The smallest absolute Gasteiger partial charge is 0.254 e. The Bertz CT molecular complexity index is 659. The molecule has 0 spiro atoms. The van der Waals surface area contributed by atoms with Crippen molar-refractivity contribution in [2.75, 3.05) is 18.8 Å². The standard InChI is InChI=1S/C17H23N3O2S/c1-10-13(15(21)18-8-11-2-3-11)14(17-20(10)6-7-23-17)16(22)19-9-12-4-5-12/h11-12H,2-9H2,1H3,(H,18,21)(H,19,22). The molecule has 1 aromatic heterocycles. The highest BCUT2D eigenvalue weighted by molar-refractivity contribution is 7.99. The van der Waals surface area contributed by atoms with Crippen molar-refractivity contribution in [2.45, 2.75) is 44.2 Å². The molecule has 0 bridgehead atoms.